The summed E-state index contributed by atoms with van der Waals surface area (Å²) in [6.07, 6.45) is 5.39. The third-order valence-electron chi connectivity index (χ3n) is 5.25. The Kier molecular flexibility index (Phi) is 7.02. The summed E-state index contributed by atoms with van der Waals surface area (Å²) in [5, 5.41) is 1.13. The molecule has 0 spiro atoms. The highest BCUT2D eigenvalue weighted by Gasteiger charge is 2.45. The summed E-state index contributed by atoms with van der Waals surface area (Å²) in [6.45, 7) is 0.952. The summed E-state index contributed by atoms with van der Waals surface area (Å²) in [6, 6.07) is 5.56. The Balaban J connectivity index is 0.00000225. The van der Waals surface area contributed by atoms with Crippen molar-refractivity contribution in [2.45, 2.75) is 49.6 Å². The Bertz CT molecular complexity index is 618. The van der Waals surface area contributed by atoms with Crippen molar-refractivity contribution < 1.29 is 9.53 Å². The SMILES string of the molecule is COCC(N)C(=O)N(CC1(c2ccc(Cl)c(Cl)c2)CCC1)C1CC1.Cl. The molecule has 2 fully saturated rings. The maximum atomic E-state index is 12.8. The number of methoxy groups -OCH3 is 1. The number of benzene rings is 1. The summed E-state index contributed by atoms with van der Waals surface area (Å²) in [7, 11) is 1.57. The van der Waals surface area contributed by atoms with Crippen molar-refractivity contribution in [3.8, 4) is 0 Å². The minimum absolute atomic E-state index is 0. The molecular weight excluding hydrogens is 383 g/mol. The molecule has 1 amide bonds. The van der Waals surface area contributed by atoms with Crippen molar-refractivity contribution in [2.24, 2.45) is 5.73 Å². The molecule has 2 aliphatic rings. The van der Waals surface area contributed by atoms with Crippen LogP contribution in [0.2, 0.25) is 10.0 Å². The molecule has 1 unspecified atom stereocenters. The third kappa shape index (κ3) is 4.42. The molecule has 1 atom stereocenters. The van der Waals surface area contributed by atoms with E-state index in [0.29, 0.717) is 22.6 Å². The van der Waals surface area contributed by atoms with Gasteiger partial charge in [0.1, 0.15) is 6.04 Å². The zero-order chi connectivity index (χ0) is 17.3. The van der Waals surface area contributed by atoms with Crippen LogP contribution >= 0.6 is 35.6 Å². The molecule has 140 valence electrons. The molecule has 0 heterocycles. The molecule has 2 N–H and O–H groups in total. The molecule has 2 aliphatic carbocycles. The van der Waals surface area contributed by atoms with Crippen molar-refractivity contribution >= 4 is 41.5 Å². The number of amides is 1. The van der Waals surface area contributed by atoms with E-state index in [-0.39, 0.29) is 30.3 Å². The van der Waals surface area contributed by atoms with Gasteiger partial charge in [-0.15, -0.1) is 12.4 Å². The van der Waals surface area contributed by atoms with Gasteiger partial charge in [-0.2, -0.15) is 0 Å². The fraction of sp³-hybridized carbons (Fsp3) is 0.611. The lowest BCUT2D eigenvalue weighted by Gasteiger charge is -2.46. The summed E-state index contributed by atoms with van der Waals surface area (Å²) in [4.78, 5) is 14.7. The topological polar surface area (TPSA) is 55.6 Å². The first-order valence-corrected chi connectivity index (χ1v) is 9.23. The zero-order valence-corrected chi connectivity index (χ0v) is 16.7. The standard InChI is InChI=1S/C18H24Cl2N2O2.ClH/c1-24-10-16(21)17(23)22(13-4-5-13)11-18(7-2-8-18)12-3-6-14(19)15(20)9-12;/h3,6,9,13,16H,2,4-5,7-8,10-11,21H2,1H3;1H. The number of ether oxygens (including phenoxy) is 1. The molecular formula is C18H25Cl3N2O2. The number of halogens is 3. The van der Waals surface area contributed by atoms with Crippen LogP contribution in [0, 0.1) is 0 Å². The van der Waals surface area contributed by atoms with Crippen LogP contribution in [-0.4, -0.2) is 43.2 Å². The van der Waals surface area contributed by atoms with Crippen LogP contribution in [0.3, 0.4) is 0 Å². The van der Waals surface area contributed by atoms with Crippen LogP contribution < -0.4 is 5.73 Å². The van der Waals surface area contributed by atoms with Gasteiger partial charge in [0.25, 0.3) is 0 Å². The van der Waals surface area contributed by atoms with E-state index in [2.05, 4.69) is 0 Å². The number of rotatable bonds is 7. The fourth-order valence-corrected chi connectivity index (χ4v) is 3.83. The van der Waals surface area contributed by atoms with Crippen LogP contribution in [0.1, 0.15) is 37.7 Å². The quantitative estimate of drug-likeness (QED) is 0.748. The van der Waals surface area contributed by atoms with Crippen molar-refractivity contribution in [2.75, 3.05) is 20.3 Å². The molecule has 1 aromatic carbocycles. The highest BCUT2D eigenvalue weighted by Crippen LogP contribution is 2.47. The first-order valence-electron chi connectivity index (χ1n) is 8.47. The van der Waals surface area contributed by atoms with E-state index in [1.807, 2.05) is 23.1 Å². The van der Waals surface area contributed by atoms with Crippen LogP contribution in [0.5, 0.6) is 0 Å². The highest BCUT2D eigenvalue weighted by molar-refractivity contribution is 6.42. The monoisotopic (exact) mass is 406 g/mol. The van der Waals surface area contributed by atoms with E-state index >= 15 is 0 Å². The van der Waals surface area contributed by atoms with Crippen LogP contribution in [0.4, 0.5) is 0 Å². The number of hydrogen-bond acceptors (Lipinski definition) is 3. The maximum absolute atomic E-state index is 12.8. The maximum Gasteiger partial charge on any atom is 0.242 e. The van der Waals surface area contributed by atoms with E-state index in [1.54, 1.807) is 7.11 Å². The van der Waals surface area contributed by atoms with Crippen molar-refractivity contribution in [1.29, 1.82) is 0 Å². The van der Waals surface area contributed by atoms with E-state index < -0.39 is 6.04 Å². The first kappa shape index (κ1) is 20.8. The third-order valence-corrected chi connectivity index (χ3v) is 5.99. The van der Waals surface area contributed by atoms with Gasteiger partial charge in [0.15, 0.2) is 0 Å². The van der Waals surface area contributed by atoms with Gasteiger partial charge in [-0.3, -0.25) is 4.79 Å². The number of carbonyl (C=O) groups is 1. The second kappa shape index (κ2) is 8.45. The highest BCUT2D eigenvalue weighted by atomic mass is 35.5. The predicted octanol–water partition coefficient (Wildman–Crippen LogP) is 3.80. The molecule has 3 rings (SSSR count). The van der Waals surface area contributed by atoms with Gasteiger partial charge in [0.05, 0.1) is 16.7 Å². The smallest absolute Gasteiger partial charge is 0.242 e. The van der Waals surface area contributed by atoms with Crippen LogP contribution in [0.15, 0.2) is 18.2 Å². The second-order valence-electron chi connectivity index (χ2n) is 7.02. The number of hydrogen-bond donors (Lipinski definition) is 1. The van der Waals surface area contributed by atoms with Gasteiger partial charge >= 0.3 is 0 Å². The molecule has 0 saturated heterocycles. The van der Waals surface area contributed by atoms with Crippen molar-refractivity contribution in [3.05, 3.63) is 33.8 Å². The van der Waals surface area contributed by atoms with Gasteiger partial charge in [-0.25, -0.2) is 0 Å². The Morgan fingerprint density at radius 2 is 2.04 bits per heavy atom. The summed E-state index contributed by atoms with van der Waals surface area (Å²) < 4.78 is 5.05. The number of carbonyl (C=O) groups excluding carboxylic acids is 1. The van der Waals surface area contributed by atoms with E-state index in [4.69, 9.17) is 33.7 Å². The number of nitrogens with zero attached hydrogens (tertiary/aromatic N) is 1. The van der Waals surface area contributed by atoms with Gasteiger partial charge < -0.3 is 15.4 Å². The lowest BCUT2D eigenvalue weighted by atomic mass is 9.64. The summed E-state index contributed by atoms with van der Waals surface area (Å²) >= 11 is 12.3. The molecule has 4 nitrogen and oxygen atoms in total. The minimum atomic E-state index is -0.596. The first-order chi connectivity index (χ1) is 11.5. The Morgan fingerprint density at radius 3 is 2.52 bits per heavy atom. The molecule has 1 aromatic rings. The van der Waals surface area contributed by atoms with E-state index in [0.717, 1.165) is 32.1 Å². The molecule has 0 aromatic heterocycles. The van der Waals surface area contributed by atoms with Crippen LogP contribution in [-0.2, 0) is 14.9 Å². The van der Waals surface area contributed by atoms with Gasteiger partial charge in [0, 0.05) is 25.1 Å². The molecule has 25 heavy (non-hydrogen) atoms. The minimum Gasteiger partial charge on any atom is -0.383 e. The normalized spacial score (nSPS) is 19.5. The van der Waals surface area contributed by atoms with Gasteiger partial charge in [0.2, 0.25) is 5.91 Å². The van der Waals surface area contributed by atoms with Gasteiger partial charge in [-0.05, 0) is 43.4 Å². The fourth-order valence-electron chi connectivity index (χ4n) is 3.53. The molecule has 2 saturated carbocycles. The lowest BCUT2D eigenvalue weighted by molar-refractivity contribution is -0.136. The molecule has 0 aliphatic heterocycles. The lowest BCUT2D eigenvalue weighted by Crippen LogP contribution is -2.53. The average Bonchev–Trinajstić information content (AvgIpc) is 3.34. The molecule has 0 bridgehead atoms. The Labute approximate surface area is 165 Å². The Morgan fingerprint density at radius 1 is 1.36 bits per heavy atom. The largest absolute Gasteiger partial charge is 0.383 e. The van der Waals surface area contributed by atoms with E-state index in [9.17, 15) is 4.79 Å². The van der Waals surface area contributed by atoms with Crippen LogP contribution in [0.25, 0.3) is 0 Å². The second-order valence-corrected chi connectivity index (χ2v) is 7.84. The Hall–Kier alpha value is -0.520. The molecule has 0 radical (unpaired) electrons. The molecule has 7 heteroatoms. The summed E-state index contributed by atoms with van der Waals surface area (Å²) in [5.41, 5.74) is 7.14. The summed E-state index contributed by atoms with van der Waals surface area (Å²) in [5.74, 6) is -0.00862. The van der Waals surface area contributed by atoms with Crippen molar-refractivity contribution in [1.82, 2.24) is 4.90 Å². The van der Waals surface area contributed by atoms with Crippen molar-refractivity contribution in [3.63, 3.8) is 0 Å². The average molecular weight is 408 g/mol. The predicted molar refractivity (Wildman–Crippen MR) is 104 cm³/mol. The van der Waals surface area contributed by atoms with Gasteiger partial charge in [-0.1, -0.05) is 35.7 Å². The number of nitrogens with two attached hydrogens (primary N) is 1. The zero-order valence-electron chi connectivity index (χ0n) is 14.3. The van der Waals surface area contributed by atoms with E-state index in [1.165, 1.54) is 5.56 Å².